The molecule has 2 aromatic rings. The van der Waals surface area contributed by atoms with Gasteiger partial charge in [-0.05, 0) is 69.5 Å². The van der Waals surface area contributed by atoms with Gasteiger partial charge in [0.25, 0.3) is 5.91 Å². The number of alkyl halides is 3. The molecule has 1 fully saturated rings. The summed E-state index contributed by atoms with van der Waals surface area (Å²) >= 11 is 18.5. The largest absolute Gasteiger partial charge is 0.476 e. The van der Waals surface area contributed by atoms with Crippen molar-refractivity contribution >= 4 is 58.0 Å². The van der Waals surface area contributed by atoms with Gasteiger partial charge < -0.3 is 20.7 Å². The molecule has 0 aliphatic heterocycles. The third kappa shape index (κ3) is 9.13. The number of ether oxygens (including phenoxy) is 1. The van der Waals surface area contributed by atoms with Crippen LogP contribution in [0.1, 0.15) is 52.4 Å². The second kappa shape index (κ2) is 12.7. The molecule has 0 aromatic heterocycles. The zero-order valence-electron chi connectivity index (χ0n) is 20.9. The Morgan fingerprint density at radius 3 is 2.29 bits per heavy atom. The summed E-state index contributed by atoms with van der Waals surface area (Å²) in [5.74, 6) is -1.10. The molecule has 2 amide bonds. The predicted molar refractivity (Wildman–Crippen MR) is 144 cm³/mol. The lowest BCUT2D eigenvalue weighted by molar-refractivity contribution is -0.150. The van der Waals surface area contributed by atoms with Crippen LogP contribution in [-0.2, 0) is 9.59 Å². The molecule has 38 heavy (non-hydrogen) atoms. The van der Waals surface area contributed by atoms with Crippen LogP contribution in [0.25, 0.3) is 0 Å². The summed E-state index contributed by atoms with van der Waals surface area (Å²) in [6, 6.07) is 9.15. The molecular weight excluding hydrogens is 566 g/mol. The number of hydrogen-bond donors (Lipinski definition) is 3. The maximum Gasteiger partial charge on any atom is 0.397 e. The van der Waals surface area contributed by atoms with Crippen LogP contribution in [0.15, 0.2) is 36.4 Å². The van der Waals surface area contributed by atoms with Crippen molar-refractivity contribution in [3.63, 3.8) is 0 Å². The standard InChI is InChI=1S/C26H29Cl3F3N3O3/c1-25(2,38-22-10-7-15(27)11-20(22)29)24(37)35-17-6-4-3-5-16(12-17)33-21-9-8-18(13-19(21)28)34-23(36)14-26(30,31)32/h7-11,13,16-17,33H,3-6,12,14H2,1-2H3,(H,34,36)(H,35,37). The third-order valence-corrected chi connectivity index (χ3v) is 6.88. The molecule has 1 saturated carbocycles. The summed E-state index contributed by atoms with van der Waals surface area (Å²) in [5.41, 5.74) is -0.440. The van der Waals surface area contributed by atoms with Crippen LogP contribution in [0.2, 0.25) is 15.1 Å². The first-order chi connectivity index (χ1) is 17.7. The Hall–Kier alpha value is -2.36. The fourth-order valence-corrected chi connectivity index (χ4v) is 4.86. The molecule has 1 aliphatic rings. The Labute approximate surface area is 234 Å². The molecule has 0 saturated heterocycles. The molecular formula is C26H29Cl3F3N3O3. The van der Waals surface area contributed by atoms with E-state index in [0.29, 0.717) is 27.9 Å². The SMILES string of the molecule is CC(C)(Oc1ccc(Cl)cc1Cl)C(=O)NC1CCCCC(Nc2ccc(NC(=O)CC(F)(F)F)cc2Cl)C1. The highest BCUT2D eigenvalue weighted by Crippen LogP contribution is 2.32. The topological polar surface area (TPSA) is 79.5 Å². The Morgan fingerprint density at radius 2 is 1.66 bits per heavy atom. The maximum atomic E-state index is 13.1. The molecule has 3 rings (SSSR count). The van der Waals surface area contributed by atoms with Gasteiger partial charge in [0.15, 0.2) is 5.60 Å². The summed E-state index contributed by atoms with van der Waals surface area (Å²) < 4.78 is 43.1. The number of benzene rings is 2. The number of carbonyl (C=O) groups excluding carboxylic acids is 2. The van der Waals surface area contributed by atoms with Crippen LogP contribution >= 0.6 is 34.8 Å². The number of amides is 2. The van der Waals surface area contributed by atoms with Crippen molar-refractivity contribution in [3.8, 4) is 5.75 Å². The average Bonchev–Trinajstić information content (AvgIpc) is 3.01. The first kappa shape index (κ1) is 30.2. The number of rotatable bonds is 8. The van der Waals surface area contributed by atoms with Crippen molar-refractivity contribution in [2.45, 2.75) is 76.2 Å². The number of hydrogen-bond acceptors (Lipinski definition) is 4. The zero-order valence-corrected chi connectivity index (χ0v) is 23.1. The molecule has 6 nitrogen and oxygen atoms in total. The van der Waals surface area contributed by atoms with Gasteiger partial charge in [-0.25, -0.2) is 0 Å². The second-order valence-corrected chi connectivity index (χ2v) is 11.0. The molecule has 2 aromatic carbocycles. The minimum atomic E-state index is -4.59. The molecule has 0 spiro atoms. The third-order valence-electron chi connectivity index (χ3n) is 6.04. The zero-order chi connectivity index (χ0) is 28.1. The van der Waals surface area contributed by atoms with E-state index in [2.05, 4.69) is 16.0 Å². The van der Waals surface area contributed by atoms with E-state index in [-0.39, 0.29) is 28.7 Å². The molecule has 0 bridgehead atoms. The summed E-state index contributed by atoms with van der Waals surface area (Å²) in [6.45, 7) is 3.32. The van der Waals surface area contributed by atoms with Gasteiger partial charge in [0.1, 0.15) is 12.2 Å². The smallest absolute Gasteiger partial charge is 0.397 e. The van der Waals surface area contributed by atoms with E-state index in [1.807, 2.05) is 0 Å². The first-order valence-corrected chi connectivity index (χ1v) is 13.2. The van der Waals surface area contributed by atoms with Gasteiger partial charge >= 0.3 is 6.18 Å². The van der Waals surface area contributed by atoms with E-state index in [4.69, 9.17) is 39.5 Å². The Kier molecular flexibility index (Phi) is 10.1. The van der Waals surface area contributed by atoms with Crippen LogP contribution in [0.3, 0.4) is 0 Å². The van der Waals surface area contributed by atoms with Gasteiger partial charge in [0.05, 0.1) is 15.7 Å². The van der Waals surface area contributed by atoms with Gasteiger partial charge in [0, 0.05) is 22.8 Å². The highest BCUT2D eigenvalue weighted by molar-refractivity contribution is 6.35. The molecule has 0 heterocycles. The maximum absolute atomic E-state index is 13.1. The van der Waals surface area contributed by atoms with Gasteiger partial charge in [-0.2, -0.15) is 13.2 Å². The van der Waals surface area contributed by atoms with Gasteiger partial charge in [0.2, 0.25) is 5.91 Å². The summed E-state index contributed by atoms with van der Waals surface area (Å²) in [7, 11) is 0. The number of nitrogens with one attached hydrogen (secondary N) is 3. The van der Waals surface area contributed by atoms with Crippen molar-refractivity contribution in [2.75, 3.05) is 10.6 Å². The fraction of sp³-hybridized carbons (Fsp3) is 0.462. The Bertz CT molecular complexity index is 1160. The van der Waals surface area contributed by atoms with Crippen LogP contribution in [0, 0.1) is 0 Å². The van der Waals surface area contributed by atoms with Crippen molar-refractivity contribution in [1.82, 2.24) is 5.32 Å². The lowest BCUT2D eigenvalue weighted by atomic mass is 10.0. The van der Waals surface area contributed by atoms with Crippen LogP contribution < -0.4 is 20.7 Å². The summed E-state index contributed by atoms with van der Waals surface area (Å²) in [6.07, 6.45) is -2.05. The molecule has 0 radical (unpaired) electrons. The molecule has 1 aliphatic carbocycles. The number of carbonyl (C=O) groups is 2. The highest BCUT2D eigenvalue weighted by atomic mass is 35.5. The van der Waals surface area contributed by atoms with Crippen LogP contribution in [-0.4, -0.2) is 35.7 Å². The lowest BCUT2D eigenvalue weighted by Gasteiger charge is -2.29. The van der Waals surface area contributed by atoms with E-state index in [0.717, 1.165) is 25.7 Å². The normalized spacial score (nSPS) is 18.3. The summed E-state index contributed by atoms with van der Waals surface area (Å²) in [5, 5.41) is 9.68. The molecule has 208 valence electrons. The van der Waals surface area contributed by atoms with Gasteiger partial charge in [-0.1, -0.05) is 47.6 Å². The van der Waals surface area contributed by atoms with E-state index in [1.165, 1.54) is 12.1 Å². The van der Waals surface area contributed by atoms with Crippen LogP contribution in [0.5, 0.6) is 5.75 Å². The van der Waals surface area contributed by atoms with Crippen molar-refractivity contribution in [1.29, 1.82) is 0 Å². The predicted octanol–water partition coefficient (Wildman–Crippen LogP) is 7.62. The van der Waals surface area contributed by atoms with E-state index in [9.17, 15) is 22.8 Å². The van der Waals surface area contributed by atoms with Gasteiger partial charge in [-0.3, -0.25) is 9.59 Å². The molecule has 3 N–H and O–H groups in total. The van der Waals surface area contributed by atoms with E-state index >= 15 is 0 Å². The first-order valence-electron chi connectivity index (χ1n) is 12.1. The molecule has 2 atom stereocenters. The minimum Gasteiger partial charge on any atom is -0.476 e. The second-order valence-electron chi connectivity index (χ2n) is 9.75. The highest BCUT2D eigenvalue weighted by Gasteiger charge is 2.34. The monoisotopic (exact) mass is 593 g/mol. The number of anilines is 2. The molecule has 2 unspecified atom stereocenters. The van der Waals surface area contributed by atoms with Crippen LogP contribution in [0.4, 0.5) is 24.5 Å². The van der Waals surface area contributed by atoms with Crippen molar-refractivity contribution < 1.29 is 27.5 Å². The fourth-order valence-electron chi connectivity index (χ4n) is 4.18. The average molecular weight is 595 g/mol. The Morgan fingerprint density at radius 1 is 0.974 bits per heavy atom. The Balaban J connectivity index is 1.60. The van der Waals surface area contributed by atoms with Gasteiger partial charge in [-0.15, -0.1) is 0 Å². The minimum absolute atomic E-state index is 0.0132. The van der Waals surface area contributed by atoms with E-state index < -0.39 is 24.1 Å². The van der Waals surface area contributed by atoms with E-state index in [1.54, 1.807) is 38.1 Å². The quantitative estimate of drug-likeness (QED) is 0.275. The molecule has 12 heteroatoms. The van der Waals surface area contributed by atoms with Crippen molar-refractivity contribution in [3.05, 3.63) is 51.5 Å². The number of halogens is 6. The summed E-state index contributed by atoms with van der Waals surface area (Å²) in [4.78, 5) is 24.7. The lowest BCUT2D eigenvalue weighted by Crippen LogP contribution is -2.50. The van der Waals surface area contributed by atoms with Crippen molar-refractivity contribution in [2.24, 2.45) is 0 Å².